The Hall–Kier alpha value is -2.95. The normalized spacial score (nSPS) is 16.6. The minimum atomic E-state index is -0.502. The van der Waals surface area contributed by atoms with E-state index in [1.807, 2.05) is 0 Å². The second-order valence-electron chi connectivity index (χ2n) is 6.48. The van der Waals surface area contributed by atoms with Crippen LogP contribution in [-0.4, -0.2) is 17.6 Å². The Labute approximate surface area is 152 Å². The van der Waals surface area contributed by atoms with Gasteiger partial charge in [0.05, 0.1) is 16.9 Å². The maximum atomic E-state index is 13.3. The number of carbonyl (C=O) groups is 3. The van der Waals surface area contributed by atoms with Crippen molar-refractivity contribution in [3.63, 3.8) is 0 Å². The van der Waals surface area contributed by atoms with Crippen molar-refractivity contribution in [2.75, 3.05) is 10.6 Å². The molecule has 2 amide bonds. The summed E-state index contributed by atoms with van der Waals surface area (Å²) in [4.78, 5) is 39.8. The van der Waals surface area contributed by atoms with Crippen LogP contribution in [0, 0.1) is 0 Å². The van der Waals surface area contributed by atoms with Gasteiger partial charge >= 0.3 is 0 Å². The van der Waals surface area contributed by atoms with Gasteiger partial charge in [0.25, 0.3) is 5.91 Å². The molecule has 2 N–H and O–H groups in total. The average molecular weight is 350 g/mol. The molecule has 0 radical (unpaired) electrons. The first-order valence-electron chi connectivity index (χ1n) is 8.93. The molecular weight excluding hydrogens is 328 g/mol. The molecule has 0 saturated heterocycles. The lowest BCUT2D eigenvalue weighted by Gasteiger charge is -2.24. The first-order chi connectivity index (χ1) is 12.6. The number of nitrogens with zero attached hydrogens (tertiary/aromatic N) is 1. The summed E-state index contributed by atoms with van der Waals surface area (Å²) in [6.45, 7) is 0. The first kappa shape index (κ1) is 17.9. The van der Waals surface area contributed by atoms with Gasteiger partial charge in [0, 0.05) is 18.4 Å². The first-order valence-corrected chi connectivity index (χ1v) is 8.93. The number of imide groups is 1. The topological polar surface area (TPSA) is 80.5 Å². The molecule has 134 valence electrons. The van der Waals surface area contributed by atoms with Gasteiger partial charge in [-0.3, -0.25) is 14.4 Å². The molecule has 1 aliphatic heterocycles. The Morgan fingerprint density at radius 2 is 1.35 bits per heavy atom. The van der Waals surface area contributed by atoms with Crippen LogP contribution in [0.5, 0.6) is 0 Å². The molecule has 0 aliphatic carbocycles. The summed E-state index contributed by atoms with van der Waals surface area (Å²) in [6, 6.07) is 13.5. The molecule has 26 heavy (non-hydrogen) atoms. The van der Waals surface area contributed by atoms with Crippen LogP contribution in [0.1, 0.15) is 59.2 Å². The van der Waals surface area contributed by atoms with Crippen LogP contribution in [0.3, 0.4) is 0 Å². The minimum Gasteiger partial charge on any atom is -0.397 e. The quantitative estimate of drug-likeness (QED) is 0.623. The average Bonchev–Trinajstić information content (AvgIpc) is 2.65. The second-order valence-corrected chi connectivity index (χ2v) is 6.48. The summed E-state index contributed by atoms with van der Waals surface area (Å²) in [5.74, 6) is -0.865. The fourth-order valence-electron chi connectivity index (χ4n) is 3.24. The Morgan fingerprint density at radius 1 is 0.731 bits per heavy atom. The van der Waals surface area contributed by atoms with Crippen LogP contribution in [0.2, 0.25) is 0 Å². The maximum Gasteiger partial charge on any atom is 0.265 e. The predicted molar refractivity (Wildman–Crippen MR) is 101 cm³/mol. The molecule has 5 heteroatoms. The number of carbonyl (C=O) groups excluding carboxylic acids is 3. The van der Waals surface area contributed by atoms with Crippen molar-refractivity contribution >= 4 is 29.0 Å². The van der Waals surface area contributed by atoms with Gasteiger partial charge in [-0.25, -0.2) is 4.90 Å². The number of anilines is 2. The number of fused-ring (bicyclic) bond motifs is 1. The molecule has 0 atom stereocenters. The number of Topliss-reactive ketones (excluding diaryl/α,β-unsaturated/α-hetero) is 1. The fourth-order valence-corrected chi connectivity index (χ4v) is 3.24. The molecule has 1 heterocycles. The van der Waals surface area contributed by atoms with Crippen molar-refractivity contribution in [3.05, 3.63) is 59.7 Å². The number of nitrogen functional groups attached to an aromatic ring is 1. The van der Waals surface area contributed by atoms with Gasteiger partial charge < -0.3 is 5.73 Å². The van der Waals surface area contributed by atoms with Crippen LogP contribution in [-0.2, 0) is 4.79 Å². The number of hydrogen-bond acceptors (Lipinski definition) is 4. The third-order valence-corrected chi connectivity index (χ3v) is 4.63. The number of amides is 2. The van der Waals surface area contributed by atoms with Crippen molar-refractivity contribution in [2.24, 2.45) is 0 Å². The predicted octanol–water partition coefficient (Wildman–Crippen LogP) is 3.98. The summed E-state index contributed by atoms with van der Waals surface area (Å²) in [5, 5.41) is 0. The molecule has 1 aliphatic rings. The highest BCUT2D eigenvalue weighted by atomic mass is 16.2. The Bertz CT molecular complexity index is 845. The van der Waals surface area contributed by atoms with E-state index in [0.29, 0.717) is 29.8 Å². The highest BCUT2D eigenvalue weighted by Gasteiger charge is 2.29. The second kappa shape index (κ2) is 7.95. The van der Waals surface area contributed by atoms with E-state index in [1.54, 1.807) is 48.5 Å². The fraction of sp³-hybridized carbons (Fsp3) is 0.286. The Kier molecular flexibility index (Phi) is 5.46. The van der Waals surface area contributed by atoms with Crippen molar-refractivity contribution in [1.82, 2.24) is 0 Å². The van der Waals surface area contributed by atoms with Crippen LogP contribution in [0.15, 0.2) is 48.5 Å². The van der Waals surface area contributed by atoms with E-state index in [2.05, 4.69) is 0 Å². The highest BCUT2D eigenvalue weighted by molar-refractivity contribution is 6.24. The Morgan fingerprint density at radius 3 is 2.08 bits per heavy atom. The summed E-state index contributed by atoms with van der Waals surface area (Å²) in [6.07, 6.45) is 3.88. The van der Waals surface area contributed by atoms with Gasteiger partial charge in [-0.2, -0.15) is 0 Å². The molecule has 0 unspecified atom stereocenters. The molecule has 2 aromatic rings. The number of rotatable bonds is 1. The van der Waals surface area contributed by atoms with Crippen LogP contribution >= 0.6 is 0 Å². The molecular formula is C21H22N2O3. The van der Waals surface area contributed by atoms with E-state index in [1.165, 1.54) is 0 Å². The number of hydrogen-bond donors (Lipinski definition) is 1. The lowest BCUT2D eigenvalue weighted by molar-refractivity contribution is -0.118. The molecule has 0 spiro atoms. The Balaban J connectivity index is 2.11. The molecule has 3 rings (SSSR count). The van der Waals surface area contributed by atoms with Crippen molar-refractivity contribution in [1.29, 1.82) is 0 Å². The number of para-hydroxylation sites is 2. The zero-order valence-corrected chi connectivity index (χ0v) is 14.6. The van der Waals surface area contributed by atoms with Crippen molar-refractivity contribution in [3.8, 4) is 0 Å². The van der Waals surface area contributed by atoms with Crippen molar-refractivity contribution in [2.45, 2.75) is 38.5 Å². The molecule has 0 bridgehead atoms. The zero-order chi connectivity index (χ0) is 18.5. The van der Waals surface area contributed by atoms with Gasteiger partial charge in [-0.15, -0.1) is 0 Å². The summed E-state index contributed by atoms with van der Waals surface area (Å²) in [5.41, 5.74) is 7.35. The molecule has 0 saturated carbocycles. The van der Waals surface area contributed by atoms with Gasteiger partial charge in [0.1, 0.15) is 0 Å². The van der Waals surface area contributed by atoms with E-state index in [4.69, 9.17) is 5.73 Å². The van der Waals surface area contributed by atoms with Gasteiger partial charge in [0.2, 0.25) is 5.91 Å². The summed E-state index contributed by atoms with van der Waals surface area (Å²) in [7, 11) is 0. The third kappa shape index (κ3) is 3.67. The standard InChI is InChI=1S/C21H22N2O3/c22-17-11-7-8-12-18(17)23-20(25)14-4-2-1-3-13-19(24)15-9-5-6-10-16(15)21(23)26/h5-12H,1-4,13-14,22H2. The molecule has 0 fully saturated rings. The lowest BCUT2D eigenvalue weighted by Crippen LogP contribution is -2.38. The maximum absolute atomic E-state index is 13.3. The molecule has 2 aromatic carbocycles. The van der Waals surface area contributed by atoms with Crippen molar-refractivity contribution < 1.29 is 14.4 Å². The SMILES string of the molecule is Nc1ccccc1N1C(=O)CCCCCCC(=O)c2ccccc2C1=O. The highest BCUT2D eigenvalue weighted by Crippen LogP contribution is 2.27. The van der Waals surface area contributed by atoms with Gasteiger partial charge in [-0.05, 0) is 31.0 Å². The smallest absolute Gasteiger partial charge is 0.265 e. The third-order valence-electron chi connectivity index (χ3n) is 4.63. The monoisotopic (exact) mass is 350 g/mol. The van der Waals surface area contributed by atoms with Gasteiger partial charge in [-0.1, -0.05) is 43.2 Å². The summed E-state index contributed by atoms with van der Waals surface area (Å²) >= 11 is 0. The van der Waals surface area contributed by atoms with Gasteiger partial charge in [0.15, 0.2) is 5.78 Å². The molecule has 0 aromatic heterocycles. The van der Waals surface area contributed by atoms with E-state index >= 15 is 0 Å². The zero-order valence-electron chi connectivity index (χ0n) is 14.6. The van der Waals surface area contributed by atoms with E-state index in [-0.39, 0.29) is 23.7 Å². The minimum absolute atomic E-state index is 0.0667. The van der Waals surface area contributed by atoms with E-state index < -0.39 is 5.91 Å². The number of nitrogens with two attached hydrogens (primary N) is 1. The largest absolute Gasteiger partial charge is 0.397 e. The lowest BCUT2D eigenvalue weighted by atomic mass is 9.97. The number of ketones is 1. The summed E-state index contributed by atoms with van der Waals surface area (Å²) < 4.78 is 0. The van der Waals surface area contributed by atoms with E-state index in [0.717, 1.165) is 24.2 Å². The van der Waals surface area contributed by atoms with Crippen LogP contribution < -0.4 is 10.6 Å². The number of benzene rings is 2. The van der Waals surface area contributed by atoms with Crippen LogP contribution in [0.25, 0.3) is 0 Å². The van der Waals surface area contributed by atoms with E-state index in [9.17, 15) is 14.4 Å². The molecule has 5 nitrogen and oxygen atoms in total. The van der Waals surface area contributed by atoms with Crippen LogP contribution in [0.4, 0.5) is 11.4 Å².